The van der Waals surface area contributed by atoms with Crippen LogP contribution in [-0.4, -0.2) is 40.5 Å². The van der Waals surface area contributed by atoms with Crippen LogP contribution in [0.1, 0.15) is 77.8 Å². The number of rotatable bonds is 3. The summed E-state index contributed by atoms with van der Waals surface area (Å²) in [7, 11) is 2.17. The predicted molar refractivity (Wildman–Crippen MR) is 103 cm³/mol. The van der Waals surface area contributed by atoms with Crippen LogP contribution >= 0.6 is 0 Å². The summed E-state index contributed by atoms with van der Waals surface area (Å²) in [5, 5.41) is 3.14. The molecule has 5 heteroatoms. The molecule has 1 amide bonds. The largest absolute Gasteiger partial charge is 0.338 e. The standard InChI is InChI=1S/C21H28N4O/c1-13(2)25-19-17(15-7-5-14(3)6-8-15)23-21(26)18(19)22-20(25)16-9-11-24(4)12-10-16/h5-8,13,16-17H,9-12H2,1-4H3,(H,23,26). The minimum Gasteiger partial charge on any atom is -0.338 e. The Morgan fingerprint density at radius 2 is 1.81 bits per heavy atom. The lowest BCUT2D eigenvalue weighted by atomic mass is 9.95. The summed E-state index contributed by atoms with van der Waals surface area (Å²) in [5.41, 5.74) is 4.02. The number of hydrogen-bond acceptors (Lipinski definition) is 3. The Balaban J connectivity index is 1.78. The van der Waals surface area contributed by atoms with E-state index in [1.165, 1.54) is 5.56 Å². The van der Waals surface area contributed by atoms with Gasteiger partial charge in [0.05, 0.1) is 11.7 Å². The number of aromatic nitrogens is 2. The number of imidazole rings is 1. The molecule has 0 saturated carbocycles. The van der Waals surface area contributed by atoms with E-state index in [1.807, 2.05) is 0 Å². The second kappa shape index (κ2) is 6.54. The third kappa shape index (κ3) is 2.84. The SMILES string of the molecule is Cc1ccc(C2NC(=O)c3nc(C4CCN(C)CC4)n(C(C)C)c32)cc1. The van der Waals surface area contributed by atoms with Crippen LogP contribution in [0.2, 0.25) is 0 Å². The molecular weight excluding hydrogens is 324 g/mol. The number of benzene rings is 1. The highest BCUT2D eigenvalue weighted by atomic mass is 16.2. The monoisotopic (exact) mass is 352 g/mol. The van der Waals surface area contributed by atoms with E-state index >= 15 is 0 Å². The van der Waals surface area contributed by atoms with E-state index in [-0.39, 0.29) is 18.0 Å². The van der Waals surface area contributed by atoms with Crippen molar-refractivity contribution in [2.75, 3.05) is 20.1 Å². The molecule has 0 aliphatic carbocycles. The number of nitrogens with one attached hydrogen (secondary N) is 1. The zero-order valence-electron chi connectivity index (χ0n) is 16.1. The molecule has 26 heavy (non-hydrogen) atoms. The summed E-state index contributed by atoms with van der Waals surface area (Å²) < 4.78 is 2.33. The van der Waals surface area contributed by atoms with Gasteiger partial charge in [-0.05, 0) is 59.3 Å². The van der Waals surface area contributed by atoms with Crippen molar-refractivity contribution in [1.82, 2.24) is 19.8 Å². The van der Waals surface area contributed by atoms with Crippen LogP contribution in [0.15, 0.2) is 24.3 Å². The molecule has 2 aliphatic heterocycles. The van der Waals surface area contributed by atoms with Gasteiger partial charge < -0.3 is 14.8 Å². The first-order valence-corrected chi connectivity index (χ1v) is 9.63. The molecule has 2 aromatic rings. The van der Waals surface area contributed by atoms with E-state index in [9.17, 15) is 4.79 Å². The molecule has 0 bridgehead atoms. The topological polar surface area (TPSA) is 50.2 Å². The van der Waals surface area contributed by atoms with Crippen LogP contribution in [0, 0.1) is 6.92 Å². The Kier molecular flexibility index (Phi) is 4.35. The van der Waals surface area contributed by atoms with Gasteiger partial charge in [0.25, 0.3) is 5.91 Å². The van der Waals surface area contributed by atoms with Crippen molar-refractivity contribution in [3.63, 3.8) is 0 Å². The minimum atomic E-state index is -0.104. The molecule has 0 radical (unpaired) electrons. The Morgan fingerprint density at radius 1 is 1.15 bits per heavy atom. The number of piperidine rings is 1. The highest BCUT2D eigenvalue weighted by Gasteiger charge is 2.39. The van der Waals surface area contributed by atoms with Crippen molar-refractivity contribution < 1.29 is 4.79 Å². The van der Waals surface area contributed by atoms with E-state index in [1.54, 1.807) is 0 Å². The molecule has 1 unspecified atom stereocenters. The predicted octanol–water partition coefficient (Wildman–Crippen LogP) is 3.41. The van der Waals surface area contributed by atoms with Gasteiger partial charge in [-0.15, -0.1) is 0 Å². The van der Waals surface area contributed by atoms with E-state index in [0.717, 1.165) is 43.0 Å². The number of amides is 1. The molecule has 138 valence electrons. The number of carbonyl (C=O) groups excluding carboxylic acids is 1. The van der Waals surface area contributed by atoms with Crippen molar-refractivity contribution >= 4 is 5.91 Å². The molecular formula is C21H28N4O. The lowest BCUT2D eigenvalue weighted by Crippen LogP contribution is -2.31. The first kappa shape index (κ1) is 17.3. The van der Waals surface area contributed by atoms with Crippen LogP contribution in [0.3, 0.4) is 0 Å². The maximum atomic E-state index is 12.6. The molecule has 5 nitrogen and oxygen atoms in total. The van der Waals surface area contributed by atoms with Crippen LogP contribution in [0.25, 0.3) is 0 Å². The number of fused-ring (bicyclic) bond motifs is 1. The summed E-state index contributed by atoms with van der Waals surface area (Å²) in [4.78, 5) is 19.9. The number of hydrogen-bond donors (Lipinski definition) is 1. The van der Waals surface area contributed by atoms with E-state index in [4.69, 9.17) is 4.98 Å². The highest BCUT2D eigenvalue weighted by Crippen LogP contribution is 2.38. The van der Waals surface area contributed by atoms with Gasteiger partial charge in [0.15, 0.2) is 5.69 Å². The van der Waals surface area contributed by atoms with Gasteiger partial charge in [-0.25, -0.2) is 4.98 Å². The van der Waals surface area contributed by atoms with Gasteiger partial charge >= 0.3 is 0 Å². The van der Waals surface area contributed by atoms with Gasteiger partial charge in [-0.3, -0.25) is 4.79 Å². The van der Waals surface area contributed by atoms with Crippen LogP contribution in [0.5, 0.6) is 0 Å². The third-order valence-corrected chi connectivity index (χ3v) is 5.75. The maximum Gasteiger partial charge on any atom is 0.272 e. The van der Waals surface area contributed by atoms with Crippen LogP contribution in [0.4, 0.5) is 0 Å². The Morgan fingerprint density at radius 3 is 2.42 bits per heavy atom. The quantitative estimate of drug-likeness (QED) is 0.921. The molecule has 4 rings (SSSR count). The van der Waals surface area contributed by atoms with Crippen molar-refractivity contribution in [3.8, 4) is 0 Å². The van der Waals surface area contributed by atoms with Crippen LogP contribution in [-0.2, 0) is 0 Å². The highest BCUT2D eigenvalue weighted by molar-refractivity contribution is 5.97. The number of nitrogens with zero attached hydrogens (tertiary/aromatic N) is 3. The van der Waals surface area contributed by atoms with E-state index < -0.39 is 0 Å². The van der Waals surface area contributed by atoms with Gasteiger partial charge in [-0.1, -0.05) is 29.8 Å². The molecule has 1 aromatic heterocycles. The lowest BCUT2D eigenvalue weighted by Gasteiger charge is -2.30. The smallest absolute Gasteiger partial charge is 0.272 e. The van der Waals surface area contributed by atoms with Gasteiger partial charge in [0.1, 0.15) is 5.82 Å². The van der Waals surface area contributed by atoms with Crippen molar-refractivity contribution in [2.45, 2.75) is 51.6 Å². The molecule has 1 N–H and O–H groups in total. The molecule has 0 spiro atoms. The molecule has 2 aliphatic rings. The lowest BCUT2D eigenvalue weighted by molar-refractivity contribution is 0.0955. The minimum absolute atomic E-state index is 0.0425. The first-order chi connectivity index (χ1) is 12.5. The maximum absolute atomic E-state index is 12.6. The normalized spacial score (nSPS) is 21.3. The molecule has 3 heterocycles. The first-order valence-electron chi connectivity index (χ1n) is 9.63. The second-order valence-corrected chi connectivity index (χ2v) is 8.06. The summed E-state index contributed by atoms with van der Waals surface area (Å²) >= 11 is 0. The summed E-state index contributed by atoms with van der Waals surface area (Å²) in [6, 6.07) is 8.61. The average Bonchev–Trinajstić information content (AvgIpc) is 3.15. The summed E-state index contributed by atoms with van der Waals surface area (Å²) in [5.74, 6) is 1.50. The number of aryl methyl sites for hydroxylation is 1. The fraction of sp³-hybridized carbons (Fsp3) is 0.524. The van der Waals surface area contributed by atoms with Crippen LogP contribution < -0.4 is 5.32 Å². The molecule has 1 atom stereocenters. The Hall–Kier alpha value is -2.14. The van der Waals surface area contributed by atoms with E-state index in [0.29, 0.717) is 11.6 Å². The zero-order valence-corrected chi connectivity index (χ0v) is 16.1. The van der Waals surface area contributed by atoms with Crippen molar-refractivity contribution in [1.29, 1.82) is 0 Å². The zero-order chi connectivity index (χ0) is 18.4. The van der Waals surface area contributed by atoms with Gasteiger partial charge in [0, 0.05) is 12.0 Å². The van der Waals surface area contributed by atoms with E-state index in [2.05, 4.69) is 66.9 Å². The number of carbonyl (C=O) groups is 1. The van der Waals surface area contributed by atoms with Gasteiger partial charge in [0.2, 0.25) is 0 Å². The Bertz CT molecular complexity index is 813. The summed E-state index contributed by atoms with van der Waals surface area (Å²) in [6.45, 7) is 8.64. The number of likely N-dealkylation sites (tertiary alicyclic amines) is 1. The fourth-order valence-corrected chi connectivity index (χ4v) is 4.27. The molecule has 1 aromatic carbocycles. The molecule has 1 saturated heterocycles. The van der Waals surface area contributed by atoms with Crippen molar-refractivity contribution in [3.05, 3.63) is 52.6 Å². The fourth-order valence-electron chi connectivity index (χ4n) is 4.27. The summed E-state index contributed by atoms with van der Waals surface area (Å²) in [6.07, 6.45) is 2.21. The van der Waals surface area contributed by atoms with Gasteiger partial charge in [-0.2, -0.15) is 0 Å². The second-order valence-electron chi connectivity index (χ2n) is 8.06. The molecule has 1 fully saturated rings. The van der Waals surface area contributed by atoms with Crippen molar-refractivity contribution in [2.24, 2.45) is 0 Å². The average molecular weight is 352 g/mol. The Labute approximate surface area is 155 Å². The third-order valence-electron chi connectivity index (χ3n) is 5.75.